The molecule has 0 saturated carbocycles. The molecule has 1 fully saturated rings. The molecule has 0 bridgehead atoms. The Balaban J connectivity index is 1.54. The van der Waals surface area contributed by atoms with E-state index in [2.05, 4.69) is 15.2 Å². The minimum Gasteiger partial charge on any atom is -0.465 e. The van der Waals surface area contributed by atoms with Gasteiger partial charge in [0.25, 0.3) is 0 Å². The third-order valence-corrected chi connectivity index (χ3v) is 7.67. The van der Waals surface area contributed by atoms with Crippen LogP contribution in [-0.2, 0) is 29.0 Å². The third-order valence-electron chi connectivity index (χ3n) is 6.02. The van der Waals surface area contributed by atoms with Gasteiger partial charge in [0.2, 0.25) is 0 Å². The number of para-hydroxylation sites is 1. The highest BCUT2D eigenvalue weighted by atomic mass is 31.2. The van der Waals surface area contributed by atoms with Crippen molar-refractivity contribution in [2.75, 3.05) is 18.9 Å². The molecule has 0 aliphatic carbocycles. The number of fused-ring (bicyclic) bond motifs is 1. The van der Waals surface area contributed by atoms with Gasteiger partial charge in [0, 0.05) is 0 Å². The van der Waals surface area contributed by atoms with E-state index in [1.54, 1.807) is 56.3 Å². The van der Waals surface area contributed by atoms with Crippen LogP contribution in [0.1, 0.15) is 26.5 Å². The molecule has 37 heavy (non-hydrogen) atoms. The lowest BCUT2D eigenvalue weighted by atomic mass is 9.93. The first-order valence-electron chi connectivity index (χ1n) is 11.6. The van der Waals surface area contributed by atoms with Crippen molar-refractivity contribution in [3.63, 3.8) is 0 Å². The molecule has 5 N–H and O–H groups in total. The summed E-state index contributed by atoms with van der Waals surface area (Å²) < 4.78 is 37.4. The summed E-state index contributed by atoms with van der Waals surface area (Å²) in [6.07, 6.45) is -2.66. The van der Waals surface area contributed by atoms with E-state index in [1.165, 1.54) is 17.8 Å². The number of carbonyl (C=O) groups is 1. The molecule has 200 valence electrons. The summed E-state index contributed by atoms with van der Waals surface area (Å²) in [6, 6.07) is 10.5. The van der Waals surface area contributed by atoms with Crippen LogP contribution in [0.4, 0.5) is 5.82 Å². The van der Waals surface area contributed by atoms with E-state index in [0.29, 0.717) is 11.2 Å². The Morgan fingerprint density at radius 3 is 2.73 bits per heavy atom. The number of aliphatic hydroxyl groups is 2. The SMILES string of the molecule is CCOC(=O)[C@H](C)N[P@](=O)(OC[C@H]1O[C@@](C)(c2ccc3c(N)ncnn23)[C@H](O)[C@@H]1O)Oc1ccccc1. The molecule has 1 aliphatic rings. The zero-order chi connectivity index (χ0) is 26.8. The summed E-state index contributed by atoms with van der Waals surface area (Å²) in [7, 11) is -4.19. The van der Waals surface area contributed by atoms with Gasteiger partial charge in [-0.3, -0.25) is 9.32 Å². The van der Waals surface area contributed by atoms with Crippen LogP contribution in [0.25, 0.3) is 5.52 Å². The molecule has 0 amide bonds. The average Bonchev–Trinajstić information content (AvgIpc) is 3.40. The lowest BCUT2D eigenvalue weighted by Gasteiger charge is -2.27. The van der Waals surface area contributed by atoms with Crippen molar-refractivity contribution in [3.8, 4) is 5.75 Å². The molecule has 1 saturated heterocycles. The average molecular weight is 535 g/mol. The Kier molecular flexibility index (Phi) is 7.83. The van der Waals surface area contributed by atoms with Crippen LogP contribution in [-0.4, -0.2) is 68.3 Å². The van der Waals surface area contributed by atoms with Crippen molar-refractivity contribution in [2.45, 2.75) is 50.7 Å². The zero-order valence-electron chi connectivity index (χ0n) is 20.6. The first kappa shape index (κ1) is 27.0. The van der Waals surface area contributed by atoms with Crippen LogP contribution in [0.15, 0.2) is 48.8 Å². The maximum absolute atomic E-state index is 13.7. The zero-order valence-corrected chi connectivity index (χ0v) is 21.4. The van der Waals surface area contributed by atoms with Crippen LogP contribution < -0.4 is 15.3 Å². The summed E-state index contributed by atoms with van der Waals surface area (Å²) >= 11 is 0. The second-order valence-electron chi connectivity index (χ2n) is 8.66. The highest BCUT2D eigenvalue weighted by Gasteiger charge is 2.54. The Morgan fingerprint density at radius 1 is 1.30 bits per heavy atom. The van der Waals surface area contributed by atoms with Gasteiger partial charge in [0.15, 0.2) is 5.82 Å². The van der Waals surface area contributed by atoms with Crippen molar-refractivity contribution in [2.24, 2.45) is 0 Å². The Bertz CT molecular complexity index is 1290. The van der Waals surface area contributed by atoms with E-state index in [4.69, 9.17) is 24.3 Å². The number of anilines is 1. The Hall–Kier alpha value is -3.06. The van der Waals surface area contributed by atoms with Crippen molar-refractivity contribution >= 4 is 25.1 Å². The van der Waals surface area contributed by atoms with E-state index in [1.807, 2.05) is 0 Å². The molecule has 6 atom stereocenters. The number of esters is 1. The van der Waals surface area contributed by atoms with Gasteiger partial charge >= 0.3 is 13.7 Å². The number of hydrogen-bond donors (Lipinski definition) is 4. The normalized spacial score (nSPS) is 26.0. The van der Waals surface area contributed by atoms with Crippen LogP contribution in [0.2, 0.25) is 0 Å². The van der Waals surface area contributed by atoms with Gasteiger partial charge in [0.1, 0.15) is 47.5 Å². The quantitative estimate of drug-likeness (QED) is 0.217. The predicted molar refractivity (Wildman–Crippen MR) is 131 cm³/mol. The smallest absolute Gasteiger partial charge is 0.459 e. The maximum Gasteiger partial charge on any atom is 0.459 e. The van der Waals surface area contributed by atoms with Crippen LogP contribution >= 0.6 is 7.75 Å². The van der Waals surface area contributed by atoms with Crippen LogP contribution in [0, 0.1) is 0 Å². The van der Waals surface area contributed by atoms with Gasteiger partial charge in [-0.2, -0.15) is 10.2 Å². The molecule has 14 heteroatoms. The standard InChI is InChI=1S/C23H30N5O8P/c1-4-33-22(31)14(2)27-37(32,36-15-8-6-5-7-9-15)34-12-17-19(29)20(30)23(3,35-17)18-11-10-16-21(24)25-13-26-28(16)18/h5-11,13-14,17,19-20,29-30H,4,12H2,1-3H3,(H,27,32)(H2,24,25,26)/t14-,17+,19+,20+,23-,37-/m0/s1. The monoisotopic (exact) mass is 535 g/mol. The number of rotatable bonds is 10. The minimum atomic E-state index is -4.19. The predicted octanol–water partition coefficient (Wildman–Crippen LogP) is 1.39. The Morgan fingerprint density at radius 2 is 2.03 bits per heavy atom. The van der Waals surface area contributed by atoms with Gasteiger partial charge < -0.3 is 29.9 Å². The molecule has 0 spiro atoms. The molecular formula is C23H30N5O8P. The number of hydrogen-bond acceptors (Lipinski definition) is 11. The number of nitrogens with two attached hydrogens (primary N) is 1. The highest BCUT2D eigenvalue weighted by molar-refractivity contribution is 7.52. The van der Waals surface area contributed by atoms with Crippen LogP contribution in [0.3, 0.4) is 0 Å². The number of ether oxygens (including phenoxy) is 2. The number of aromatic nitrogens is 3. The summed E-state index contributed by atoms with van der Waals surface area (Å²) in [5.74, 6) is -0.188. The number of carbonyl (C=O) groups excluding carboxylic acids is 1. The second-order valence-corrected chi connectivity index (χ2v) is 10.4. The second kappa shape index (κ2) is 10.7. The van der Waals surface area contributed by atoms with Gasteiger partial charge in [0.05, 0.1) is 18.9 Å². The van der Waals surface area contributed by atoms with Crippen molar-refractivity contribution in [1.82, 2.24) is 19.7 Å². The fraction of sp³-hybridized carbons (Fsp3) is 0.435. The summed E-state index contributed by atoms with van der Waals surface area (Å²) in [5.41, 5.74) is 5.41. The van der Waals surface area contributed by atoms with E-state index >= 15 is 0 Å². The molecule has 1 aliphatic heterocycles. The number of aliphatic hydroxyl groups excluding tert-OH is 2. The fourth-order valence-electron chi connectivity index (χ4n) is 4.10. The van der Waals surface area contributed by atoms with Gasteiger partial charge in [-0.25, -0.2) is 14.1 Å². The lowest BCUT2D eigenvalue weighted by molar-refractivity contribution is -0.144. The molecule has 2 aromatic heterocycles. The van der Waals surface area contributed by atoms with E-state index < -0.39 is 50.3 Å². The minimum absolute atomic E-state index is 0.138. The van der Waals surface area contributed by atoms with E-state index in [-0.39, 0.29) is 18.2 Å². The Labute approximate surface area is 213 Å². The number of nitrogen functional groups attached to an aromatic ring is 1. The topological polar surface area (TPSA) is 180 Å². The van der Waals surface area contributed by atoms with Crippen molar-refractivity contribution in [3.05, 3.63) is 54.5 Å². The molecule has 0 radical (unpaired) electrons. The summed E-state index contributed by atoms with van der Waals surface area (Å²) in [4.78, 5) is 16.1. The number of nitrogens with zero attached hydrogens (tertiary/aromatic N) is 3. The fourth-order valence-corrected chi connectivity index (χ4v) is 5.60. The van der Waals surface area contributed by atoms with Gasteiger partial charge in [-0.15, -0.1) is 0 Å². The largest absolute Gasteiger partial charge is 0.465 e. The highest BCUT2D eigenvalue weighted by Crippen LogP contribution is 2.47. The molecule has 4 rings (SSSR count). The third kappa shape index (κ3) is 5.47. The van der Waals surface area contributed by atoms with E-state index in [9.17, 15) is 19.6 Å². The number of benzene rings is 1. The van der Waals surface area contributed by atoms with Crippen molar-refractivity contribution in [1.29, 1.82) is 0 Å². The first-order chi connectivity index (χ1) is 17.6. The molecule has 3 aromatic rings. The molecular weight excluding hydrogens is 505 g/mol. The van der Waals surface area contributed by atoms with Crippen LogP contribution in [0.5, 0.6) is 5.75 Å². The first-order valence-corrected chi connectivity index (χ1v) is 13.2. The lowest BCUT2D eigenvalue weighted by Crippen LogP contribution is -2.40. The van der Waals surface area contributed by atoms with Gasteiger partial charge in [-0.05, 0) is 45.0 Å². The number of nitrogens with one attached hydrogen (secondary N) is 1. The van der Waals surface area contributed by atoms with Gasteiger partial charge in [-0.1, -0.05) is 18.2 Å². The van der Waals surface area contributed by atoms with E-state index in [0.717, 1.165) is 0 Å². The summed E-state index contributed by atoms with van der Waals surface area (Å²) in [5, 5.41) is 28.5. The molecule has 0 unspecified atom stereocenters. The molecule has 13 nitrogen and oxygen atoms in total. The molecule has 1 aromatic carbocycles. The molecule has 3 heterocycles. The summed E-state index contributed by atoms with van der Waals surface area (Å²) in [6.45, 7) is 4.38. The van der Waals surface area contributed by atoms with Crippen molar-refractivity contribution < 1.29 is 38.1 Å². The maximum atomic E-state index is 13.7.